The van der Waals surface area contributed by atoms with E-state index in [1.54, 1.807) is 18.6 Å². The van der Waals surface area contributed by atoms with E-state index in [2.05, 4.69) is 39.2 Å². The van der Waals surface area contributed by atoms with Crippen LogP contribution in [0.2, 0.25) is 0 Å². The number of nitrogens with zero attached hydrogens (tertiary/aromatic N) is 3. The predicted molar refractivity (Wildman–Crippen MR) is 103 cm³/mol. The summed E-state index contributed by atoms with van der Waals surface area (Å²) in [5.74, 6) is -0.152. The smallest absolute Gasteiger partial charge is 0.253 e. The maximum Gasteiger partial charge on any atom is 0.253 e. The molecule has 0 aliphatic carbocycles. The number of aromatic nitrogens is 2. The first kappa shape index (κ1) is 17.6. The van der Waals surface area contributed by atoms with Crippen molar-refractivity contribution in [3.63, 3.8) is 0 Å². The maximum absolute atomic E-state index is 12.4. The number of amides is 1. The minimum Gasteiger partial charge on any atom is -0.366 e. The molecule has 1 N–H and O–H groups in total. The minimum absolute atomic E-state index is 0.152. The van der Waals surface area contributed by atoms with Crippen molar-refractivity contribution in [2.75, 3.05) is 11.4 Å². The van der Waals surface area contributed by atoms with Crippen LogP contribution in [0.5, 0.6) is 0 Å². The summed E-state index contributed by atoms with van der Waals surface area (Å²) >= 11 is 0. The molecule has 1 amide bonds. The Balaban J connectivity index is 1.69. The van der Waals surface area contributed by atoms with Crippen molar-refractivity contribution in [1.82, 2.24) is 15.3 Å². The second-order valence-corrected chi connectivity index (χ2v) is 5.94. The highest BCUT2D eigenvalue weighted by atomic mass is 16.1. The summed E-state index contributed by atoms with van der Waals surface area (Å²) in [5, 5.41) is 2.89. The summed E-state index contributed by atoms with van der Waals surface area (Å²) in [4.78, 5) is 23.1. The van der Waals surface area contributed by atoms with E-state index in [4.69, 9.17) is 0 Å². The minimum atomic E-state index is -0.152. The molecule has 26 heavy (non-hydrogen) atoms. The van der Waals surface area contributed by atoms with Crippen molar-refractivity contribution in [3.8, 4) is 0 Å². The number of benzene rings is 1. The van der Waals surface area contributed by atoms with Crippen molar-refractivity contribution >= 4 is 11.6 Å². The molecular weight excluding hydrogens is 324 g/mol. The van der Waals surface area contributed by atoms with E-state index >= 15 is 0 Å². The Morgan fingerprint density at radius 3 is 2.62 bits per heavy atom. The number of nitrogens with one attached hydrogen (secondary N) is 1. The number of carbonyl (C=O) groups is 1. The number of carbonyl (C=O) groups excluding carboxylic acids is 1. The van der Waals surface area contributed by atoms with Crippen LogP contribution in [0.3, 0.4) is 0 Å². The van der Waals surface area contributed by atoms with Gasteiger partial charge in [-0.3, -0.25) is 14.8 Å². The van der Waals surface area contributed by atoms with Crippen LogP contribution in [0.15, 0.2) is 73.2 Å². The fourth-order valence-electron chi connectivity index (χ4n) is 2.69. The van der Waals surface area contributed by atoms with E-state index in [1.807, 2.05) is 42.5 Å². The molecule has 0 aliphatic rings. The molecule has 0 unspecified atom stereocenters. The molecule has 3 rings (SSSR count). The van der Waals surface area contributed by atoms with Gasteiger partial charge in [-0.1, -0.05) is 36.4 Å². The van der Waals surface area contributed by atoms with Gasteiger partial charge in [-0.25, -0.2) is 0 Å². The average Bonchev–Trinajstić information content (AvgIpc) is 2.72. The summed E-state index contributed by atoms with van der Waals surface area (Å²) in [5.41, 5.74) is 3.52. The summed E-state index contributed by atoms with van der Waals surface area (Å²) in [6, 6.07) is 17.8. The van der Waals surface area contributed by atoms with Crippen LogP contribution in [0.4, 0.5) is 5.69 Å². The summed E-state index contributed by atoms with van der Waals surface area (Å²) in [6.07, 6.45) is 5.10. The molecule has 0 atom stereocenters. The third-order valence-electron chi connectivity index (χ3n) is 4.11. The lowest BCUT2D eigenvalue weighted by Gasteiger charge is -2.23. The van der Waals surface area contributed by atoms with Crippen LogP contribution >= 0.6 is 0 Å². The Bertz CT molecular complexity index is 837. The Morgan fingerprint density at radius 1 is 1.08 bits per heavy atom. The number of pyridine rings is 2. The summed E-state index contributed by atoms with van der Waals surface area (Å²) in [6.45, 7) is 4.09. The van der Waals surface area contributed by atoms with Gasteiger partial charge >= 0.3 is 0 Å². The van der Waals surface area contributed by atoms with Gasteiger partial charge in [0, 0.05) is 25.5 Å². The highest BCUT2D eigenvalue weighted by Crippen LogP contribution is 2.17. The zero-order valence-corrected chi connectivity index (χ0v) is 14.8. The molecule has 0 saturated carbocycles. The highest BCUT2D eigenvalue weighted by Gasteiger charge is 2.11. The fourth-order valence-corrected chi connectivity index (χ4v) is 2.69. The van der Waals surface area contributed by atoms with Crippen LogP contribution in [0, 0.1) is 0 Å². The molecule has 3 aromatic rings. The molecule has 2 heterocycles. The predicted octanol–water partition coefficient (Wildman–Crippen LogP) is 3.43. The van der Waals surface area contributed by atoms with E-state index in [9.17, 15) is 4.79 Å². The van der Waals surface area contributed by atoms with E-state index in [-0.39, 0.29) is 5.91 Å². The number of hydrogen-bond donors (Lipinski definition) is 1. The zero-order valence-electron chi connectivity index (χ0n) is 14.8. The third-order valence-corrected chi connectivity index (χ3v) is 4.11. The molecule has 1 aromatic carbocycles. The van der Waals surface area contributed by atoms with Gasteiger partial charge in [-0.05, 0) is 30.7 Å². The molecule has 0 saturated heterocycles. The summed E-state index contributed by atoms with van der Waals surface area (Å²) < 4.78 is 0. The second-order valence-electron chi connectivity index (χ2n) is 5.94. The van der Waals surface area contributed by atoms with Gasteiger partial charge < -0.3 is 10.2 Å². The van der Waals surface area contributed by atoms with Gasteiger partial charge in [0.25, 0.3) is 5.91 Å². The molecule has 0 fully saturated rings. The van der Waals surface area contributed by atoms with Gasteiger partial charge in [0.15, 0.2) is 0 Å². The van der Waals surface area contributed by atoms with E-state index in [0.717, 1.165) is 24.5 Å². The number of anilines is 1. The van der Waals surface area contributed by atoms with Crippen molar-refractivity contribution < 1.29 is 4.79 Å². The largest absolute Gasteiger partial charge is 0.366 e. The topological polar surface area (TPSA) is 58.1 Å². The Kier molecular flexibility index (Phi) is 5.93. The van der Waals surface area contributed by atoms with Crippen molar-refractivity contribution in [1.29, 1.82) is 0 Å². The summed E-state index contributed by atoms with van der Waals surface area (Å²) in [7, 11) is 0. The molecule has 2 aromatic heterocycles. The lowest BCUT2D eigenvalue weighted by atomic mass is 10.2. The quantitative estimate of drug-likeness (QED) is 0.712. The molecule has 132 valence electrons. The van der Waals surface area contributed by atoms with Gasteiger partial charge in [-0.2, -0.15) is 0 Å². The molecule has 0 aliphatic heterocycles. The van der Waals surface area contributed by atoms with Gasteiger partial charge in [0.2, 0.25) is 0 Å². The first-order valence-electron chi connectivity index (χ1n) is 8.68. The van der Waals surface area contributed by atoms with Gasteiger partial charge in [-0.15, -0.1) is 0 Å². The number of rotatable bonds is 7. The average molecular weight is 346 g/mol. The molecular formula is C21H22N4O. The Hall–Kier alpha value is -3.21. The fraction of sp³-hybridized carbons (Fsp3) is 0.190. The third kappa shape index (κ3) is 4.66. The lowest BCUT2D eigenvalue weighted by Crippen LogP contribution is -2.25. The standard InChI is InChI=1S/C21H22N4O/c1-2-25(16-17-8-4-3-5-9-17)20-12-18(13-22-15-20)21(26)24-14-19-10-6-7-11-23-19/h3-13,15H,2,14,16H2,1H3,(H,24,26). The van der Waals surface area contributed by atoms with Gasteiger partial charge in [0.05, 0.1) is 29.7 Å². The van der Waals surface area contributed by atoms with Crippen molar-refractivity contribution in [2.45, 2.75) is 20.0 Å². The molecule has 0 bridgehead atoms. The van der Waals surface area contributed by atoms with Crippen LogP contribution in [-0.2, 0) is 13.1 Å². The Morgan fingerprint density at radius 2 is 1.88 bits per heavy atom. The van der Waals surface area contributed by atoms with Crippen LogP contribution in [0.25, 0.3) is 0 Å². The van der Waals surface area contributed by atoms with Crippen LogP contribution in [-0.4, -0.2) is 22.4 Å². The van der Waals surface area contributed by atoms with Crippen molar-refractivity contribution in [2.24, 2.45) is 0 Å². The SMILES string of the molecule is CCN(Cc1ccccc1)c1cncc(C(=O)NCc2ccccn2)c1. The van der Waals surface area contributed by atoms with Crippen molar-refractivity contribution in [3.05, 3.63) is 90.0 Å². The zero-order chi connectivity index (χ0) is 18.2. The van der Waals surface area contributed by atoms with Crippen LogP contribution in [0.1, 0.15) is 28.5 Å². The molecule has 0 radical (unpaired) electrons. The number of hydrogen-bond acceptors (Lipinski definition) is 4. The van der Waals surface area contributed by atoms with E-state index in [0.29, 0.717) is 12.1 Å². The lowest BCUT2D eigenvalue weighted by molar-refractivity contribution is 0.0950. The molecule has 5 nitrogen and oxygen atoms in total. The van der Waals surface area contributed by atoms with Crippen LogP contribution < -0.4 is 10.2 Å². The molecule has 5 heteroatoms. The maximum atomic E-state index is 12.4. The van der Waals surface area contributed by atoms with Gasteiger partial charge in [0.1, 0.15) is 0 Å². The monoisotopic (exact) mass is 346 g/mol. The highest BCUT2D eigenvalue weighted by molar-refractivity contribution is 5.94. The first-order valence-corrected chi connectivity index (χ1v) is 8.68. The van der Waals surface area contributed by atoms with E-state index in [1.165, 1.54) is 5.56 Å². The normalized spacial score (nSPS) is 10.3. The molecule has 0 spiro atoms. The second kappa shape index (κ2) is 8.76. The first-order chi connectivity index (χ1) is 12.8. The van der Waals surface area contributed by atoms with E-state index < -0.39 is 0 Å². The Labute approximate surface area is 153 Å².